The Morgan fingerprint density at radius 1 is 1.00 bits per heavy atom. The van der Waals surface area contributed by atoms with E-state index in [0.29, 0.717) is 38.7 Å². The second kappa shape index (κ2) is 14.5. The molecule has 2 amide bonds. The number of anilines is 1. The number of benzene rings is 3. The molecule has 0 saturated heterocycles. The number of nitrogens with zero attached hydrogens (tertiary/aromatic N) is 2. The second-order valence-corrected chi connectivity index (χ2v) is 13.7. The first-order valence-corrected chi connectivity index (χ1v) is 16.2. The van der Waals surface area contributed by atoms with Gasteiger partial charge in [-0.05, 0) is 67.3 Å². The van der Waals surface area contributed by atoms with E-state index in [4.69, 9.17) is 23.2 Å². The Balaban J connectivity index is 2.07. The molecular formula is C30H34BrCl2N3O4S. The van der Waals surface area contributed by atoms with Crippen LogP contribution in [0.25, 0.3) is 0 Å². The number of amides is 2. The van der Waals surface area contributed by atoms with Crippen LogP contribution < -0.4 is 9.62 Å². The lowest BCUT2D eigenvalue weighted by Crippen LogP contribution is -2.52. The third kappa shape index (κ3) is 8.70. The van der Waals surface area contributed by atoms with Gasteiger partial charge >= 0.3 is 0 Å². The summed E-state index contributed by atoms with van der Waals surface area (Å²) in [6.07, 6.45) is 0.308. The van der Waals surface area contributed by atoms with E-state index in [1.165, 1.54) is 17.0 Å². The molecule has 1 N–H and O–H groups in total. The zero-order valence-electron chi connectivity index (χ0n) is 23.4. The molecule has 0 fully saturated rings. The maximum absolute atomic E-state index is 14.1. The lowest BCUT2D eigenvalue weighted by atomic mass is 10.1. The Morgan fingerprint density at radius 3 is 2.27 bits per heavy atom. The number of sulfonamides is 1. The maximum Gasteiger partial charge on any atom is 0.264 e. The van der Waals surface area contributed by atoms with Crippen molar-refractivity contribution in [1.82, 2.24) is 10.2 Å². The van der Waals surface area contributed by atoms with Crippen LogP contribution in [0.3, 0.4) is 0 Å². The highest BCUT2D eigenvalue weighted by atomic mass is 79.9. The van der Waals surface area contributed by atoms with Crippen LogP contribution in [0, 0.1) is 12.8 Å². The summed E-state index contributed by atoms with van der Waals surface area (Å²) in [7, 11) is -4.16. The van der Waals surface area contributed by atoms with E-state index in [1.807, 2.05) is 20.8 Å². The van der Waals surface area contributed by atoms with Crippen molar-refractivity contribution in [2.24, 2.45) is 5.92 Å². The van der Waals surface area contributed by atoms with Crippen molar-refractivity contribution in [2.45, 2.75) is 51.6 Å². The van der Waals surface area contributed by atoms with Gasteiger partial charge in [0.25, 0.3) is 10.0 Å². The molecule has 0 aliphatic carbocycles. The van der Waals surface area contributed by atoms with Gasteiger partial charge in [-0.25, -0.2) is 8.42 Å². The molecule has 3 aromatic rings. The molecule has 3 rings (SSSR count). The molecule has 220 valence electrons. The normalized spacial score (nSPS) is 12.2. The van der Waals surface area contributed by atoms with Gasteiger partial charge in [-0.3, -0.25) is 13.9 Å². The monoisotopic (exact) mass is 681 g/mol. The third-order valence-corrected chi connectivity index (χ3v) is 9.28. The number of hydrogen-bond donors (Lipinski definition) is 1. The first-order valence-electron chi connectivity index (χ1n) is 13.2. The minimum absolute atomic E-state index is 0.0145. The largest absolute Gasteiger partial charge is 0.354 e. The van der Waals surface area contributed by atoms with Crippen molar-refractivity contribution in [1.29, 1.82) is 0 Å². The highest BCUT2D eigenvalue weighted by Gasteiger charge is 2.34. The lowest BCUT2D eigenvalue weighted by molar-refractivity contribution is -0.140. The molecule has 1 atom stereocenters. The van der Waals surface area contributed by atoms with Crippen LogP contribution in [0.1, 0.15) is 38.3 Å². The van der Waals surface area contributed by atoms with Gasteiger partial charge in [0.05, 0.1) is 10.6 Å². The predicted octanol–water partition coefficient (Wildman–Crippen LogP) is 6.84. The van der Waals surface area contributed by atoms with Crippen LogP contribution >= 0.6 is 39.1 Å². The maximum atomic E-state index is 14.1. The molecule has 0 aliphatic rings. The summed E-state index contributed by atoms with van der Waals surface area (Å²) >= 11 is 16.0. The standard InChI is InChI=1S/C30H34BrCl2N3O4S/c1-5-28(30(38)34-17-20(2)3)35(18-22-11-12-24(32)16-27(22)33)29(37)19-36(25-8-6-7-23(31)15-25)41(39,40)26-13-9-21(4)10-14-26/h6-16,20,28H,5,17-19H2,1-4H3,(H,34,38). The fraction of sp³-hybridized carbons (Fsp3) is 0.333. The van der Waals surface area contributed by atoms with Crippen molar-refractivity contribution in [3.63, 3.8) is 0 Å². The zero-order valence-corrected chi connectivity index (χ0v) is 27.3. The smallest absolute Gasteiger partial charge is 0.264 e. The van der Waals surface area contributed by atoms with Gasteiger partial charge in [0.15, 0.2) is 0 Å². The number of halogens is 3. The predicted molar refractivity (Wildman–Crippen MR) is 169 cm³/mol. The Hall–Kier alpha value is -2.59. The van der Waals surface area contributed by atoms with E-state index >= 15 is 0 Å². The molecule has 11 heteroatoms. The number of rotatable bonds is 12. The van der Waals surface area contributed by atoms with Crippen LogP contribution in [0.4, 0.5) is 5.69 Å². The summed E-state index contributed by atoms with van der Waals surface area (Å²) < 4.78 is 29.6. The van der Waals surface area contributed by atoms with Gasteiger partial charge in [0.2, 0.25) is 11.8 Å². The minimum Gasteiger partial charge on any atom is -0.354 e. The summed E-state index contributed by atoms with van der Waals surface area (Å²) in [5.74, 6) is -0.675. The second-order valence-electron chi connectivity index (χ2n) is 10.1. The van der Waals surface area contributed by atoms with E-state index in [1.54, 1.807) is 61.5 Å². The Bertz CT molecular complexity index is 1480. The fourth-order valence-corrected chi connectivity index (χ4v) is 6.43. The van der Waals surface area contributed by atoms with Crippen molar-refractivity contribution in [3.05, 3.63) is 92.4 Å². The van der Waals surface area contributed by atoms with Crippen molar-refractivity contribution in [3.8, 4) is 0 Å². The topological polar surface area (TPSA) is 86.8 Å². The first-order chi connectivity index (χ1) is 19.3. The molecule has 0 radical (unpaired) electrons. The van der Waals surface area contributed by atoms with E-state index in [9.17, 15) is 18.0 Å². The van der Waals surface area contributed by atoms with Gasteiger partial charge in [0.1, 0.15) is 12.6 Å². The van der Waals surface area contributed by atoms with Crippen molar-refractivity contribution in [2.75, 3.05) is 17.4 Å². The number of nitrogens with one attached hydrogen (secondary N) is 1. The molecule has 3 aromatic carbocycles. The lowest BCUT2D eigenvalue weighted by Gasteiger charge is -2.33. The summed E-state index contributed by atoms with van der Waals surface area (Å²) in [4.78, 5) is 28.9. The molecule has 1 unspecified atom stereocenters. The molecule has 41 heavy (non-hydrogen) atoms. The van der Waals surface area contributed by atoms with Crippen LogP contribution in [-0.4, -0.2) is 44.3 Å². The van der Waals surface area contributed by atoms with Gasteiger partial charge in [-0.15, -0.1) is 0 Å². The molecule has 7 nitrogen and oxygen atoms in total. The number of carbonyl (C=O) groups is 2. The highest BCUT2D eigenvalue weighted by molar-refractivity contribution is 9.10. The summed E-state index contributed by atoms with van der Waals surface area (Å²) in [5, 5.41) is 3.68. The van der Waals surface area contributed by atoms with Gasteiger partial charge in [0, 0.05) is 27.6 Å². The van der Waals surface area contributed by atoms with Crippen LogP contribution in [0.5, 0.6) is 0 Å². The summed E-state index contributed by atoms with van der Waals surface area (Å²) in [6, 6.07) is 17.2. The van der Waals surface area contributed by atoms with E-state index in [0.717, 1.165) is 9.87 Å². The average Bonchev–Trinajstić information content (AvgIpc) is 2.91. The molecule has 0 aliphatic heterocycles. The van der Waals surface area contributed by atoms with E-state index in [2.05, 4.69) is 21.2 Å². The molecule has 0 bridgehead atoms. The average molecular weight is 683 g/mol. The van der Waals surface area contributed by atoms with Crippen molar-refractivity contribution >= 4 is 66.7 Å². The summed E-state index contributed by atoms with van der Waals surface area (Å²) in [5.41, 5.74) is 1.78. The zero-order chi connectivity index (χ0) is 30.3. The number of aryl methyl sites for hydroxylation is 1. The van der Waals surface area contributed by atoms with Gasteiger partial charge in [-0.2, -0.15) is 0 Å². The van der Waals surface area contributed by atoms with E-state index < -0.39 is 28.5 Å². The molecular weight excluding hydrogens is 649 g/mol. The highest BCUT2D eigenvalue weighted by Crippen LogP contribution is 2.28. The third-order valence-electron chi connectivity index (χ3n) is 6.41. The van der Waals surface area contributed by atoms with Gasteiger partial charge < -0.3 is 10.2 Å². The fourth-order valence-electron chi connectivity index (χ4n) is 4.17. The van der Waals surface area contributed by atoms with E-state index in [-0.39, 0.29) is 23.3 Å². The SMILES string of the molecule is CCC(C(=O)NCC(C)C)N(Cc1ccc(Cl)cc1Cl)C(=O)CN(c1cccc(Br)c1)S(=O)(=O)c1ccc(C)cc1. The van der Waals surface area contributed by atoms with Crippen LogP contribution in [-0.2, 0) is 26.2 Å². The molecule has 0 saturated carbocycles. The van der Waals surface area contributed by atoms with Crippen molar-refractivity contribution < 1.29 is 18.0 Å². The Morgan fingerprint density at radius 2 is 1.68 bits per heavy atom. The molecule has 0 heterocycles. The minimum atomic E-state index is -4.16. The summed E-state index contributed by atoms with van der Waals surface area (Å²) in [6.45, 7) is 7.50. The number of hydrogen-bond acceptors (Lipinski definition) is 4. The number of carbonyl (C=O) groups excluding carboxylic acids is 2. The molecule has 0 aromatic heterocycles. The van der Waals surface area contributed by atoms with Gasteiger partial charge in [-0.1, -0.05) is 89.7 Å². The quantitative estimate of drug-likeness (QED) is 0.227. The molecule has 0 spiro atoms. The Kier molecular flexibility index (Phi) is 11.7. The van der Waals surface area contributed by atoms with Crippen LogP contribution in [0.2, 0.25) is 10.0 Å². The first kappa shape index (κ1) is 32.9. The van der Waals surface area contributed by atoms with Crippen LogP contribution in [0.15, 0.2) is 76.1 Å². The Labute approximate surface area is 261 Å².